The van der Waals surface area contributed by atoms with Crippen LogP contribution < -0.4 is 4.72 Å². The topological polar surface area (TPSA) is 138 Å². The second-order valence-corrected chi connectivity index (χ2v) is 4.95. The number of aromatic amines is 1. The van der Waals surface area contributed by atoms with Crippen LogP contribution >= 0.6 is 0 Å². The molecule has 10 heteroatoms. The number of nitrogens with zero attached hydrogens (tertiary/aromatic N) is 3. The molecule has 0 aliphatic carbocycles. The molecule has 1 heterocycles. The monoisotopic (exact) mass is 249 g/mol. The van der Waals surface area contributed by atoms with E-state index in [4.69, 9.17) is 5.11 Å². The summed E-state index contributed by atoms with van der Waals surface area (Å²) in [4.78, 5) is 10.2. The van der Waals surface area contributed by atoms with E-state index in [1.807, 2.05) is 0 Å². The van der Waals surface area contributed by atoms with Crippen molar-refractivity contribution in [3.8, 4) is 0 Å². The van der Waals surface area contributed by atoms with E-state index in [9.17, 15) is 13.2 Å². The fourth-order valence-corrected chi connectivity index (χ4v) is 2.16. The highest BCUT2D eigenvalue weighted by molar-refractivity contribution is 7.89. The first-order chi connectivity index (χ1) is 7.41. The van der Waals surface area contributed by atoms with Gasteiger partial charge >= 0.3 is 5.97 Å². The van der Waals surface area contributed by atoms with Crippen molar-refractivity contribution in [1.29, 1.82) is 0 Å². The third-order valence-corrected chi connectivity index (χ3v) is 3.14. The number of aliphatic carboxylic acids is 1. The molecule has 0 saturated carbocycles. The number of carbonyl (C=O) groups is 1. The van der Waals surface area contributed by atoms with Crippen LogP contribution in [0.25, 0.3) is 0 Å². The molecule has 0 spiro atoms. The Balaban J connectivity index is 2.56. The molecule has 90 valence electrons. The lowest BCUT2D eigenvalue weighted by Crippen LogP contribution is -2.30. The lowest BCUT2D eigenvalue weighted by molar-refractivity contribution is -0.136. The first kappa shape index (κ1) is 12.5. The van der Waals surface area contributed by atoms with Crippen molar-refractivity contribution in [2.45, 2.75) is 19.4 Å². The van der Waals surface area contributed by atoms with E-state index >= 15 is 0 Å². The molecule has 1 atom stereocenters. The highest BCUT2D eigenvalue weighted by atomic mass is 32.2. The molecule has 0 saturated heterocycles. The highest BCUT2D eigenvalue weighted by Crippen LogP contribution is 2.05. The maximum absolute atomic E-state index is 11.4. The van der Waals surface area contributed by atoms with Crippen LogP contribution in [-0.4, -0.2) is 45.9 Å². The zero-order valence-corrected chi connectivity index (χ0v) is 9.23. The van der Waals surface area contributed by atoms with Gasteiger partial charge in [0.1, 0.15) is 0 Å². The number of hydrogen-bond acceptors (Lipinski definition) is 6. The Bertz CT molecular complexity index is 441. The molecular weight excluding hydrogens is 238 g/mol. The number of aromatic nitrogens is 4. The maximum Gasteiger partial charge on any atom is 0.304 e. The van der Waals surface area contributed by atoms with Gasteiger partial charge in [-0.1, -0.05) is 5.21 Å². The Hall–Kier alpha value is -1.55. The molecule has 0 fully saturated rings. The van der Waals surface area contributed by atoms with Gasteiger partial charge in [-0.25, -0.2) is 13.1 Å². The number of rotatable bonds is 6. The molecule has 0 aliphatic heterocycles. The minimum Gasteiger partial charge on any atom is -0.481 e. The average molecular weight is 249 g/mol. The normalized spacial score (nSPS) is 13.6. The van der Waals surface area contributed by atoms with Crippen molar-refractivity contribution in [2.24, 2.45) is 0 Å². The summed E-state index contributed by atoms with van der Waals surface area (Å²) in [6.45, 7) is 1.53. The standard InChI is InChI=1S/C6H11N5O4S/c1-4(6-7-10-11-8-6)9-16(14,15)3-2-5(12)13/h4,9H,2-3H2,1H3,(H,12,13)(H,7,8,10,11). The maximum atomic E-state index is 11.4. The molecule has 16 heavy (non-hydrogen) atoms. The van der Waals surface area contributed by atoms with Crippen molar-refractivity contribution >= 4 is 16.0 Å². The van der Waals surface area contributed by atoms with Crippen molar-refractivity contribution in [1.82, 2.24) is 25.3 Å². The predicted octanol–water partition coefficient (Wildman–Crippen LogP) is -1.35. The van der Waals surface area contributed by atoms with Crippen LogP contribution in [0.1, 0.15) is 25.2 Å². The predicted molar refractivity (Wildman–Crippen MR) is 51.8 cm³/mol. The number of carboxylic acid groups (broad SMARTS) is 1. The van der Waals surface area contributed by atoms with Gasteiger partial charge in [0.2, 0.25) is 10.0 Å². The van der Waals surface area contributed by atoms with Crippen molar-refractivity contribution in [3.05, 3.63) is 5.82 Å². The van der Waals surface area contributed by atoms with Gasteiger partial charge in [0.25, 0.3) is 0 Å². The third-order valence-electron chi connectivity index (χ3n) is 1.69. The molecule has 0 aliphatic rings. The van der Waals surface area contributed by atoms with Gasteiger partial charge in [-0.2, -0.15) is 5.21 Å². The van der Waals surface area contributed by atoms with Crippen molar-refractivity contribution < 1.29 is 18.3 Å². The van der Waals surface area contributed by atoms with Crippen LogP contribution in [0.15, 0.2) is 0 Å². The van der Waals surface area contributed by atoms with E-state index in [2.05, 4.69) is 25.3 Å². The average Bonchev–Trinajstić information content (AvgIpc) is 2.67. The van der Waals surface area contributed by atoms with Crippen molar-refractivity contribution in [3.63, 3.8) is 0 Å². The van der Waals surface area contributed by atoms with Crippen LogP contribution in [0.4, 0.5) is 0 Å². The second-order valence-electron chi connectivity index (χ2n) is 3.07. The summed E-state index contributed by atoms with van der Waals surface area (Å²) in [7, 11) is -3.65. The molecule has 1 rings (SSSR count). The molecule has 0 aromatic carbocycles. The summed E-state index contributed by atoms with van der Waals surface area (Å²) in [5.41, 5.74) is 0. The minimum absolute atomic E-state index is 0.193. The summed E-state index contributed by atoms with van der Waals surface area (Å²) in [5, 5.41) is 21.0. The number of nitrogens with one attached hydrogen (secondary N) is 2. The fraction of sp³-hybridized carbons (Fsp3) is 0.667. The number of carboxylic acids is 1. The fourth-order valence-electron chi connectivity index (χ4n) is 0.956. The van der Waals surface area contributed by atoms with Crippen LogP contribution in [0.3, 0.4) is 0 Å². The van der Waals surface area contributed by atoms with Gasteiger partial charge < -0.3 is 5.11 Å². The smallest absolute Gasteiger partial charge is 0.304 e. The summed E-state index contributed by atoms with van der Waals surface area (Å²) in [6, 6.07) is -0.655. The number of sulfonamides is 1. The molecule has 1 unspecified atom stereocenters. The molecule has 1 aromatic heterocycles. The zero-order chi connectivity index (χ0) is 12.2. The molecule has 0 bridgehead atoms. The molecule has 0 radical (unpaired) electrons. The lowest BCUT2D eigenvalue weighted by atomic mass is 10.4. The Labute approximate surface area is 91.3 Å². The Morgan fingerprint density at radius 3 is 2.81 bits per heavy atom. The van der Waals surface area contributed by atoms with Crippen LogP contribution in [0, 0.1) is 0 Å². The second kappa shape index (κ2) is 4.99. The molecule has 0 amide bonds. The Morgan fingerprint density at radius 1 is 1.62 bits per heavy atom. The summed E-state index contributed by atoms with van der Waals surface area (Å²) in [6.07, 6.45) is -0.450. The minimum atomic E-state index is -3.65. The van der Waals surface area contributed by atoms with E-state index in [1.165, 1.54) is 6.92 Å². The SMILES string of the molecule is CC(NS(=O)(=O)CCC(=O)O)c1nn[nH]n1. The summed E-state index contributed by atoms with van der Waals surface area (Å²) >= 11 is 0. The quantitative estimate of drug-likeness (QED) is 0.566. The van der Waals surface area contributed by atoms with Gasteiger partial charge in [-0.05, 0) is 6.92 Å². The Kier molecular flexibility index (Phi) is 3.90. The van der Waals surface area contributed by atoms with E-state index in [-0.39, 0.29) is 5.82 Å². The van der Waals surface area contributed by atoms with Gasteiger partial charge in [-0.15, -0.1) is 10.2 Å². The number of tetrazole rings is 1. The summed E-state index contributed by atoms with van der Waals surface area (Å²) < 4.78 is 25.0. The van der Waals surface area contributed by atoms with E-state index in [0.29, 0.717) is 0 Å². The number of H-pyrrole nitrogens is 1. The van der Waals surface area contributed by atoms with Crippen LogP contribution in [0.2, 0.25) is 0 Å². The Morgan fingerprint density at radius 2 is 2.31 bits per heavy atom. The van der Waals surface area contributed by atoms with E-state index in [1.54, 1.807) is 0 Å². The van der Waals surface area contributed by atoms with E-state index in [0.717, 1.165) is 0 Å². The van der Waals surface area contributed by atoms with Gasteiger partial charge in [0, 0.05) is 0 Å². The molecule has 3 N–H and O–H groups in total. The van der Waals surface area contributed by atoms with E-state index < -0.39 is 34.2 Å². The van der Waals surface area contributed by atoms with Gasteiger partial charge in [-0.3, -0.25) is 4.79 Å². The lowest BCUT2D eigenvalue weighted by Gasteiger charge is -2.09. The first-order valence-corrected chi connectivity index (χ1v) is 6.01. The van der Waals surface area contributed by atoms with Crippen LogP contribution in [-0.2, 0) is 14.8 Å². The van der Waals surface area contributed by atoms with Crippen LogP contribution in [0.5, 0.6) is 0 Å². The molecule has 1 aromatic rings. The van der Waals surface area contributed by atoms with Crippen molar-refractivity contribution in [2.75, 3.05) is 5.75 Å². The highest BCUT2D eigenvalue weighted by Gasteiger charge is 2.19. The first-order valence-electron chi connectivity index (χ1n) is 4.36. The van der Waals surface area contributed by atoms with Gasteiger partial charge in [0.05, 0.1) is 18.2 Å². The number of hydrogen-bond donors (Lipinski definition) is 3. The molecular formula is C6H11N5O4S. The molecule has 9 nitrogen and oxygen atoms in total. The third kappa shape index (κ3) is 3.90. The van der Waals surface area contributed by atoms with Gasteiger partial charge in [0.15, 0.2) is 5.82 Å². The zero-order valence-electron chi connectivity index (χ0n) is 8.41. The largest absolute Gasteiger partial charge is 0.481 e. The summed E-state index contributed by atoms with van der Waals surface area (Å²) in [5.74, 6) is -1.46.